The maximum absolute atomic E-state index is 13.1. The molecule has 1 aromatic carbocycles. The molecule has 1 aromatic heterocycles. The summed E-state index contributed by atoms with van der Waals surface area (Å²) in [5, 5.41) is 3.35. The fraction of sp³-hybridized carbons (Fsp3) is 0.214. The molecular formula is C14H11Cl2F3N2. The molecule has 112 valence electrons. The van der Waals surface area contributed by atoms with Crippen LogP contribution in [0.15, 0.2) is 36.5 Å². The summed E-state index contributed by atoms with van der Waals surface area (Å²) in [5.74, 6) is 0. The van der Waals surface area contributed by atoms with Crippen LogP contribution in [-0.4, -0.2) is 12.0 Å². The summed E-state index contributed by atoms with van der Waals surface area (Å²) in [5.41, 5.74) is -0.373. The number of rotatable bonds is 3. The molecular weight excluding hydrogens is 324 g/mol. The van der Waals surface area contributed by atoms with Crippen LogP contribution in [0.5, 0.6) is 0 Å². The Bertz CT molecular complexity index is 644. The molecule has 7 heteroatoms. The van der Waals surface area contributed by atoms with Crippen LogP contribution in [0, 0.1) is 0 Å². The van der Waals surface area contributed by atoms with E-state index in [-0.39, 0.29) is 10.6 Å². The normalized spacial score (nSPS) is 13.2. The molecule has 0 saturated heterocycles. The van der Waals surface area contributed by atoms with Crippen molar-refractivity contribution in [1.29, 1.82) is 0 Å². The van der Waals surface area contributed by atoms with Crippen LogP contribution in [0.25, 0.3) is 0 Å². The average molecular weight is 335 g/mol. The average Bonchev–Trinajstić information content (AvgIpc) is 2.41. The van der Waals surface area contributed by atoms with E-state index in [1.165, 1.54) is 24.4 Å². The van der Waals surface area contributed by atoms with Gasteiger partial charge in [-0.15, -0.1) is 0 Å². The molecule has 2 aromatic rings. The molecule has 0 aliphatic rings. The lowest BCUT2D eigenvalue weighted by atomic mass is 9.97. The van der Waals surface area contributed by atoms with Gasteiger partial charge in [-0.2, -0.15) is 13.2 Å². The van der Waals surface area contributed by atoms with Crippen molar-refractivity contribution < 1.29 is 13.2 Å². The summed E-state index contributed by atoms with van der Waals surface area (Å²) < 4.78 is 39.4. The zero-order valence-corrected chi connectivity index (χ0v) is 12.4. The number of alkyl halides is 3. The first-order chi connectivity index (χ1) is 9.84. The second kappa shape index (κ2) is 6.22. The van der Waals surface area contributed by atoms with E-state index >= 15 is 0 Å². The Kier molecular flexibility index (Phi) is 4.76. The van der Waals surface area contributed by atoms with E-state index in [1.807, 2.05) is 0 Å². The van der Waals surface area contributed by atoms with Crippen LogP contribution in [-0.2, 0) is 6.18 Å². The van der Waals surface area contributed by atoms with E-state index < -0.39 is 17.8 Å². The molecule has 0 fully saturated rings. The second-order valence-corrected chi connectivity index (χ2v) is 5.17. The van der Waals surface area contributed by atoms with E-state index in [1.54, 1.807) is 13.1 Å². The highest BCUT2D eigenvalue weighted by molar-refractivity contribution is 6.34. The summed E-state index contributed by atoms with van der Waals surface area (Å²) >= 11 is 11.8. The molecule has 0 aliphatic heterocycles. The Balaban J connectivity index is 2.57. The number of nitrogens with one attached hydrogen (secondary N) is 1. The highest BCUT2D eigenvalue weighted by Gasteiger charge is 2.35. The van der Waals surface area contributed by atoms with Crippen molar-refractivity contribution >= 4 is 23.2 Å². The third-order valence-corrected chi connectivity index (χ3v) is 3.49. The van der Waals surface area contributed by atoms with Gasteiger partial charge in [-0.25, -0.2) is 0 Å². The van der Waals surface area contributed by atoms with Gasteiger partial charge in [-0.1, -0.05) is 41.4 Å². The highest BCUT2D eigenvalue weighted by atomic mass is 35.5. The first kappa shape index (κ1) is 16.1. The minimum atomic E-state index is -4.45. The quantitative estimate of drug-likeness (QED) is 0.878. The van der Waals surface area contributed by atoms with E-state index in [0.717, 1.165) is 6.07 Å². The van der Waals surface area contributed by atoms with Gasteiger partial charge in [-0.05, 0) is 24.7 Å². The van der Waals surface area contributed by atoms with Gasteiger partial charge in [0.05, 0.1) is 27.3 Å². The van der Waals surface area contributed by atoms with E-state index in [0.29, 0.717) is 10.7 Å². The molecule has 2 nitrogen and oxygen atoms in total. The van der Waals surface area contributed by atoms with Crippen molar-refractivity contribution in [3.8, 4) is 0 Å². The van der Waals surface area contributed by atoms with Crippen LogP contribution in [0.1, 0.15) is 22.9 Å². The molecule has 1 unspecified atom stereocenters. The molecule has 1 heterocycles. The molecule has 0 saturated carbocycles. The topological polar surface area (TPSA) is 24.9 Å². The SMILES string of the molecule is CNC(c1ccccc1C(F)(F)F)c1ncc(Cl)cc1Cl. The Morgan fingerprint density at radius 3 is 2.43 bits per heavy atom. The predicted octanol–water partition coefficient (Wildman–Crippen LogP) is 4.72. The Labute approximate surface area is 129 Å². The largest absolute Gasteiger partial charge is 0.416 e. The highest BCUT2D eigenvalue weighted by Crippen LogP contribution is 2.37. The molecule has 0 amide bonds. The maximum Gasteiger partial charge on any atom is 0.416 e. The van der Waals surface area contributed by atoms with E-state index in [9.17, 15) is 13.2 Å². The van der Waals surface area contributed by atoms with Gasteiger partial charge in [-0.3, -0.25) is 4.98 Å². The molecule has 1 N–H and O–H groups in total. The van der Waals surface area contributed by atoms with Crippen molar-refractivity contribution in [1.82, 2.24) is 10.3 Å². The number of hydrogen-bond donors (Lipinski definition) is 1. The van der Waals surface area contributed by atoms with Crippen molar-refractivity contribution in [2.75, 3.05) is 7.05 Å². The van der Waals surface area contributed by atoms with Crippen molar-refractivity contribution in [3.63, 3.8) is 0 Å². The van der Waals surface area contributed by atoms with Gasteiger partial charge in [0.25, 0.3) is 0 Å². The predicted molar refractivity (Wildman–Crippen MR) is 76.6 cm³/mol. The fourth-order valence-corrected chi connectivity index (χ4v) is 2.57. The van der Waals surface area contributed by atoms with Gasteiger partial charge in [0, 0.05) is 6.20 Å². The molecule has 0 radical (unpaired) electrons. The molecule has 0 aliphatic carbocycles. The number of pyridine rings is 1. The lowest BCUT2D eigenvalue weighted by molar-refractivity contribution is -0.138. The first-order valence-electron chi connectivity index (χ1n) is 5.99. The summed E-state index contributed by atoms with van der Waals surface area (Å²) in [6.07, 6.45) is -3.10. The van der Waals surface area contributed by atoms with Gasteiger partial charge in [0.1, 0.15) is 0 Å². The number of nitrogens with zero attached hydrogens (tertiary/aromatic N) is 1. The van der Waals surface area contributed by atoms with Crippen LogP contribution in [0.2, 0.25) is 10.0 Å². The van der Waals surface area contributed by atoms with Crippen molar-refractivity contribution in [3.05, 3.63) is 63.4 Å². The Hall–Kier alpha value is -1.30. The smallest absolute Gasteiger partial charge is 0.308 e. The Morgan fingerprint density at radius 2 is 1.86 bits per heavy atom. The van der Waals surface area contributed by atoms with Crippen LogP contribution < -0.4 is 5.32 Å². The third kappa shape index (κ3) is 3.48. The zero-order chi connectivity index (χ0) is 15.6. The number of hydrogen-bond acceptors (Lipinski definition) is 2. The van der Waals surface area contributed by atoms with Crippen LogP contribution >= 0.6 is 23.2 Å². The van der Waals surface area contributed by atoms with E-state index in [2.05, 4.69) is 10.3 Å². The number of aromatic nitrogens is 1. The number of benzene rings is 1. The lowest BCUT2D eigenvalue weighted by Gasteiger charge is -2.21. The summed E-state index contributed by atoms with van der Waals surface area (Å²) in [6.45, 7) is 0. The van der Waals surface area contributed by atoms with Gasteiger partial charge < -0.3 is 5.32 Å². The zero-order valence-electron chi connectivity index (χ0n) is 10.9. The molecule has 0 spiro atoms. The standard InChI is InChI=1S/C14H11Cl2F3N2/c1-20-12(13-11(16)6-8(15)7-21-13)9-4-2-3-5-10(9)14(17,18)19/h2-7,12,20H,1H3. The van der Waals surface area contributed by atoms with Crippen LogP contribution in [0.3, 0.4) is 0 Å². The van der Waals surface area contributed by atoms with Crippen LogP contribution in [0.4, 0.5) is 13.2 Å². The number of halogens is 5. The third-order valence-electron chi connectivity index (χ3n) is 2.98. The molecule has 2 rings (SSSR count). The molecule has 21 heavy (non-hydrogen) atoms. The van der Waals surface area contributed by atoms with Gasteiger partial charge in [0.15, 0.2) is 0 Å². The molecule has 0 bridgehead atoms. The van der Waals surface area contributed by atoms with Crippen molar-refractivity contribution in [2.45, 2.75) is 12.2 Å². The van der Waals surface area contributed by atoms with Crippen molar-refractivity contribution in [2.24, 2.45) is 0 Å². The van der Waals surface area contributed by atoms with E-state index in [4.69, 9.17) is 23.2 Å². The minimum absolute atomic E-state index is 0.0595. The van der Waals surface area contributed by atoms with Gasteiger partial charge in [0.2, 0.25) is 0 Å². The summed E-state index contributed by atoms with van der Waals surface area (Å²) in [7, 11) is 1.55. The first-order valence-corrected chi connectivity index (χ1v) is 6.74. The summed E-state index contributed by atoms with van der Waals surface area (Å²) in [6, 6.07) is 5.98. The minimum Gasteiger partial charge on any atom is -0.308 e. The fourth-order valence-electron chi connectivity index (χ4n) is 2.08. The monoisotopic (exact) mass is 334 g/mol. The van der Waals surface area contributed by atoms with Gasteiger partial charge >= 0.3 is 6.18 Å². The maximum atomic E-state index is 13.1. The summed E-state index contributed by atoms with van der Waals surface area (Å²) in [4.78, 5) is 4.05. The molecule has 1 atom stereocenters. The Morgan fingerprint density at radius 1 is 1.19 bits per heavy atom. The second-order valence-electron chi connectivity index (χ2n) is 4.33. The lowest BCUT2D eigenvalue weighted by Crippen LogP contribution is -2.23.